The molecule has 0 aliphatic rings. The van der Waals surface area contributed by atoms with Crippen LogP contribution in [0.5, 0.6) is 0 Å². The molecular formula is C29H26FN5O3. The number of hydrogen-bond donors (Lipinski definition) is 2. The zero-order valence-corrected chi connectivity index (χ0v) is 20.9. The van der Waals surface area contributed by atoms with Crippen LogP contribution in [0.25, 0.3) is 22.9 Å². The number of carbonyl (C=O) groups excluding carboxylic acids is 1. The zero-order valence-electron chi connectivity index (χ0n) is 20.9. The molecule has 2 aromatic heterocycles. The number of amides is 1. The number of rotatable bonds is 8. The predicted molar refractivity (Wildman–Crippen MR) is 139 cm³/mol. The number of carbonyl (C=O) groups is 1. The Bertz CT molecular complexity index is 1530. The van der Waals surface area contributed by atoms with Gasteiger partial charge in [-0.1, -0.05) is 42.5 Å². The van der Waals surface area contributed by atoms with E-state index < -0.39 is 5.54 Å². The average Bonchev–Trinajstić information content (AvgIpc) is 3.63. The molecule has 0 unspecified atom stereocenters. The van der Waals surface area contributed by atoms with Crippen LogP contribution in [-0.2, 0) is 12.0 Å². The summed E-state index contributed by atoms with van der Waals surface area (Å²) in [7, 11) is 0. The smallest absolute Gasteiger partial charge is 0.251 e. The third kappa shape index (κ3) is 5.52. The van der Waals surface area contributed by atoms with Crippen molar-refractivity contribution >= 4 is 5.91 Å². The highest BCUT2D eigenvalue weighted by Crippen LogP contribution is 2.30. The summed E-state index contributed by atoms with van der Waals surface area (Å²) in [6.45, 7) is 3.65. The fraction of sp³-hybridized carbons (Fsp3) is 0.172. The number of benzene rings is 3. The molecule has 0 fully saturated rings. The van der Waals surface area contributed by atoms with Gasteiger partial charge in [-0.05, 0) is 61.7 Å². The summed E-state index contributed by atoms with van der Waals surface area (Å²) in [6.07, 6.45) is 3.47. The van der Waals surface area contributed by atoms with Crippen LogP contribution >= 0.6 is 0 Å². The van der Waals surface area contributed by atoms with E-state index in [-0.39, 0.29) is 29.5 Å². The van der Waals surface area contributed by atoms with E-state index in [0.717, 1.165) is 11.1 Å². The van der Waals surface area contributed by atoms with Gasteiger partial charge in [0.2, 0.25) is 17.7 Å². The molecule has 0 saturated heterocycles. The lowest BCUT2D eigenvalue weighted by Gasteiger charge is -2.20. The van der Waals surface area contributed by atoms with Crippen molar-refractivity contribution in [3.8, 4) is 22.9 Å². The molecule has 0 radical (unpaired) electrons. The molecule has 0 saturated carbocycles. The Morgan fingerprint density at radius 2 is 1.74 bits per heavy atom. The van der Waals surface area contributed by atoms with Crippen LogP contribution < -0.4 is 11.1 Å². The molecule has 0 spiro atoms. The van der Waals surface area contributed by atoms with E-state index in [0.29, 0.717) is 29.0 Å². The Balaban J connectivity index is 1.45. The Hall–Kier alpha value is -4.63. The van der Waals surface area contributed by atoms with Crippen LogP contribution in [0, 0.1) is 5.82 Å². The number of hydrogen-bond acceptors (Lipinski definition) is 7. The number of nitrogens with one attached hydrogen (secondary N) is 1. The molecular weight excluding hydrogens is 485 g/mol. The van der Waals surface area contributed by atoms with Crippen molar-refractivity contribution < 1.29 is 18.0 Å². The summed E-state index contributed by atoms with van der Waals surface area (Å²) in [5.41, 5.74) is 8.87. The minimum absolute atomic E-state index is 0.207. The minimum atomic E-state index is -0.905. The van der Waals surface area contributed by atoms with Crippen molar-refractivity contribution in [3.63, 3.8) is 0 Å². The normalized spacial score (nSPS) is 13.6. The highest BCUT2D eigenvalue weighted by Gasteiger charge is 2.29. The molecule has 2 heterocycles. The van der Waals surface area contributed by atoms with Gasteiger partial charge in [0.25, 0.3) is 5.91 Å². The molecule has 1 amide bonds. The molecule has 5 aromatic rings. The third-order valence-electron chi connectivity index (χ3n) is 6.17. The van der Waals surface area contributed by atoms with Crippen molar-refractivity contribution in [1.29, 1.82) is 0 Å². The lowest BCUT2D eigenvalue weighted by atomic mass is 9.94. The minimum Gasteiger partial charge on any atom is -0.445 e. The summed E-state index contributed by atoms with van der Waals surface area (Å²) in [5.74, 6) is 0.128. The SMILES string of the molecule is C[C@@H](NC(=O)c1cc(-c2ncco2)cc(-c2nnc([C@](C)(N)Cc3ccccc3)o2)c1)c1ccc(F)cc1. The summed E-state index contributed by atoms with van der Waals surface area (Å²) in [4.78, 5) is 17.5. The molecule has 9 heteroatoms. The fourth-order valence-electron chi connectivity index (χ4n) is 4.15. The van der Waals surface area contributed by atoms with Crippen LogP contribution in [0.2, 0.25) is 0 Å². The van der Waals surface area contributed by atoms with E-state index in [1.165, 1.54) is 24.6 Å². The van der Waals surface area contributed by atoms with Gasteiger partial charge in [0.15, 0.2) is 0 Å². The summed E-state index contributed by atoms with van der Waals surface area (Å²) < 4.78 is 24.8. The van der Waals surface area contributed by atoms with Gasteiger partial charge in [0, 0.05) is 16.7 Å². The predicted octanol–water partition coefficient (Wildman–Crippen LogP) is 5.44. The molecule has 2 atom stereocenters. The van der Waals surface area contributed by atoms with Gasteiger partial charge in [-0.2, -0.15) is 0 Å². The topological polar surface area (TPSA) is 120 Å². The zero-order chi connectivity index (χ0) is 26.7. The van der Waals surface area contributed by atoms with E-state index >= 15 is 0 Å². The number of nitrogens with zero attached hydrogens (tertiary/aromatic N) is 3. The van der Waals surface area contributed by atoms with Crippen molar-refractivity contribution in [2.24, 2.45) is 5.73 Å². The molecule has 8 nitrogen and oxygen atoms in total. The lowest BCUT2D eigenvalue weighted by molar-refractivity contribution is 0.0940. The fourth-order valence-corrected chi connectivity index (χ4v) is 4.15. The number of halogens is 1. The molecule has 0 bridgehead atoms. The maximum absolute atomic E-state index is 13.3. The van der Waals surface area contributed by atoms with Crippen molar-refractivity contribution in [3.05, 3.63) is 114 Å². The van der Waals surface area contributed by atoms with Gasteiger partial charge in [-0.15, -0.1) is 10.2 Å². The standard InChI is InChI=1S/C29H26FN5O3/c1-18(20-8-10-24(30)11-9-20)33-25(36)21-14-22(26-32-12-13-37-26)16-23(15-21)27-34-35-28(38-27)29(2,31)17-19-6-4-3-5-7-19/h3-16,18H,17,31H2,1-2H3,(H,33,36)/t18-,29-/m1/s1. The Kier molecular flexibility index (Phi) is 6.85. The largest absolute Gasteiger partial charge is 0.445 e. The van der Waals surface area contributed by atoms with E-state index in [1.54, 1.807) is 30.3 Å². The van der Waals surface area contributed by atoms with Crippen LogP contribution in [0.4, 0.5) is 4.39 Å². The molecule has 3 aromatic carbocycles. The maximum atomic E-state index is 13.3. The lowest BCUT2D eigenvalue weighted by Crippen LogP contribution is -2.35. The Morgan fingerprint density at radius 3 is 2.42 bits per heavy atom. The summed E-state index contributed by atoms with van der Waals surface area (Å²) >= 11 is 0. The molecule has 0 aliphatic heterocycles. The van der Waals surface area contributed by atoms with Gasteiger partial charge in [-0.25, -0.2) is 9.37 Å². The Morgan fingerprint density at radius 1 is 1.03 bits per heavy atom. The van der Waals surface area contributed by atoms with Crippen LogP contribution in [0.3, 0.4) is 0 Å². The van der Waals surface area contributed by atoms with Gasteiger partial charge in [0.1, 0.15) is 12.1 Å². The van der Waals surface area contributed by atoms with E-state index in [4.69, 9.17) is 14.6 Å². The summed E-state index contributed by atoms with van der Waals surface area (Å²) in [5, 5.41) is 11.4. The van der Waals surface area contributed by atoms with Gasteiger partial charge in [0.05, 0.1) is 17.8 Å². The van der Waals surface area contributed by atoms with Crippen molar-refractivity contribution in [2.75, 3.05) is 0 Å². The van der Waals surface area contributed by atoms with Gasteiger partial charge >= 0.3 is 0 Å². The molecule has 3 N–H and O–H groups in total. The van der Waals surface area contributed by atoms with Gasteiger partial charge in [-0.3, -0.25) is 4.79 Å². The summed E-state index contributed by atoms with van der Waals surface area (Å²) in [6, 6.07) is 20.5. The van der Waals surface area contributed by atoms with Crippen LogP contribution in [0.1, 0.15) is 47.3 Å². The number of nitrogens with two attached hydrogens (primary N) is 1. The second-order valence-electron chi connectivity index (χ2n) is 9.38. The highest BCUT2D eigenvalue weighted by atomic mass is 19.1. The van der Waals surface area contributed by atoms with E-state index in [9.17, 15) is 9.18 Å². The first kappa shape index (κ1) is 25.0. The first-order valence-electron chi connectivity index (χ1n) is 12.1. The number of aromatic nitrogens is 3. The average molecular weight is 512 g/mol. The Labute approximate surface area is 218 Å². The van der Waals surface area contributed by atoms with Gasteiger partial charge < -0.3 is 19.9 Å². The van der Waals surface area contributed by atoms with Crippen LogP contribution in [-0.4, -0.2) is 21.1 Å². The third-order valence-corrected chi connectivity index (χ3v) is 6.17. The molecule has 0 aliphatic carbocycles. The van der Waals surface area contributed by atoms with Crippen molar-refractivity contribution in [1.82, 2.24) is 20.5 Å². The molecule has 38 heavy (non-hydrogen) atoms. The van der Waals surface area contributed by atoms with Crippen molar-refractivity contribution in [2.45, 2.75) is 31.8 Å². The number of oxazole rings is 1. The molecule has 192 valence electrons. The second-order valence-corrected chi connectivity index (χ2v) is 9.38. The van der Waals surface area contributed by atoms with E-state index in [2.05, 4.69) is 20.5 Å². The first-order chi connectivity index (χ1) is 18.3. The van der Waals surface area contributed by atoms with Crippen LogP contribution in [0.15, 0.2) is 94.1 Å². The quantitative estimate of drug-likeness (QED) is 0.285. The monoisotopic (exact) mass is 511 g/mol. The maximum Gasteiger partial charge on any atom is 0.251 e. The van der Waals surface area contributed by atoms with E-state index in [1.807, 2.05) is 44.2 Å². The first-order valence-corrected chi connectivity index (χ1v) is 12.1. The molecule has 5 rings (SSSR count). The second kappa shape index (κ2) is 10.4. The highest BCUT2D eigenvalue weighted by molar-refractivity contribution is 5.96.